The average Bonchev–Trinajstić information content (AvgIpc) is 2.44. The van der Waals surface area contributed by atoms with Gasteiger partial charge >= 0.3 is 0 Å². The number of aliphatic hydroxyl groups is 2. The normalized spacial score (nSPS) is 26.2. The van der Waals surface area contributed by atoms with Gasteiger partial charge in [0, 0.05) is 25.6 Å². The molecule has 0 bridgehead atoms. The lowest BCUT2D eigenvalue weighted by molar-refractivity contribution is -0.0943. The molecule has 1 rings (SSSR count). The smallest absolute Gasteiger partial charge is 0.283 e. The van der Waals surface area contributed by atoms with E-state index in [-0.39, 0.29) is 42.7 Å². The number of hydrogen-bond donors (Lipinski definition) is 4. The molecule has 126 valence electrons. The van der Waals surface area contributed by atoms with Crippen molar-refractivity contribution in [1.82, 2.24) is 0 Å². The Balaban J connectivity index is 0.00000135. The first-order valence-electron chi connectivity index (χ1n) is 6.92. The molecule has 0 saturated carbocycles. The van der Waals surface area contributed by atoms with Crippen LogP contribution in [0.4, 0.5) is 0 Å². The SMILES string of the molecule is CO[C@@H]([C@@H]1OC(C)=C[C@H](N=C(N)N)[C@H]1C)[C@H](C)CO.N#CO. The maximum Gasteiger partial charge on any atom is 0.283 e. The van der Waals surface area contributed by atoms with Gasteiger partial charge in [-0.15, -0.1) is 0 Å². The molecule has 22 heavy (non-hydrogen) atoms. The first-order chi connectivity index (χ1) is 10.3. The van der Waals surface area contributed by atoms with Gasteiger partial charge in [0.25, 0.3) is 6.26 Å². The second-order valence-corrected chi connectivity index (χ2v) is 5.22. The number of ether oxygens (including phenoxy) is 2. The van der Waals surface area contributed by atoms with Gasteiger partial charge in [0.2, 0.25) is 0 Å². The van der Waals surface area contributed by atoms with Crippen molar-refractivity contribution < 1.29 is 19.7 Å². The Kier molecular flexibility index (Phi) is 8.98. The zero-order chi connectivity index (χ0) is 17.3. The molecule has 1 heterocycles. The van der Waals surface area contributed by atoms with Crippen molar-refractivity contribution in [1.29, 1.82) is 5.26 Å². The number of guanidine groups is 1. The van der Waals surface area contributed by atoms with Crippen LogP contribution < -0.4 is 11.5 Å². The topological polar surface area (TPSA) is 147 Å². The second kappa shape index (κ2) is 9.87. The summed E-state index contributed by atoms with van der Waals surface area (Å²) in [5, 5.41) is 23.1. The van der Waals surface area contributed by atoms with Gasteiger partial charge in [-0.25, -0.2) is 4.99 Å². The molecule has 1 aliphatic heterocycles. The number of nitrogens with two attached hydrogens (primary N) is 2. The zero-order valence-electron chi connectivity index (χ0n) is 13.4. The van der Waals surface area contributed by atoms with Crippen molar-refractivity contribution in [2.45, 2.75) is 39.0 Å². The first-order valence-corrected chi connectivity index (χ1v) is 6.92. The molecule has 0 saturated heterocycles. The molecule has 0 fully saturated rings. The zero-order valence-corrected chi connectivity index (χ0v) is 13.4. The van der Waals surface area contributed by atoms with E-state index in [2.05, 4.69) is 4.99 Å². The quantitative estimate of drug-likeness (QED) is 0.318. The minimum atomic E-state index is -0.208. The third-order valence-electron chi connectivity index (χ3n) is 3.53. The second-order valence-electron chi connectivity index (χ2n) is 5.22. The Morgan fingerprint density at radius 2 is 2.14 bits per heavy atom. The standard InChI is InChI=1S/C13H25N3O3.CHNO/c1-7(6-17)11(18-4)12-9(3)10(16-13(14)15)5-8(2)19-12;2-1-3/h5,7,9-12,17H,6H2,1-4H3,(H4,14,15,16);3H/t7-,9-,10+,11-,12-;/m1./s1. The predicted octanol–water partition coefficient (Wildman–Crippen LogP) is 0.0505. The molecule has 0 aromatic rings. The molecule has 0 amide bonds. The summed E-state index contributed by atoms with van der Waals surface area (Å²) in [5.74, 6) is 0.865. The Labute approximate surface area is 131 Å². The fourth-order valence-corrected chi connectivity index (χ4v) is 2.44. The highest BCUT2D eigenvalue weighted by Crippen LogP contribution is 2.31. The monoisotopic (exact) mass is 314 g/mol. The predicted molar refractivity (Wildman–Crippen MR) is 82.0 cm³/mol. The molecule has 0 aliphatic carbocycles. The lowest BCUT2D eigenvalue weighted by Crippen LogP contribution is -2.47. The minimum Gasteiger partial charge on any atom is -0.492 e. The highest BCUT2D eigenvalue weighted by molar-refractivity contribution is 5.76. The molecule has 0 aromatic carbocycles. The summed E-state index contributed by atoms with van der Waals surface area (Å²) in [4.78, 5) is 4.22. The van der Waals surface area contributed by atoms with E-state index in [0.29, 0.717) is 0 Å². The van der Waals surface area contributed by atoms with Gasteiger partial charge in [0.15, 0.2) is 5.96 Å². The molecule has 0 spiro atoms. The van der Waals surface area contributed by atoms with Gasteiger partial charge in [-0.3, -0.25) is 0 Å². The van der Waals surface area contributed by atoms with Crippen LogP contribution in [0.1, 0.15) is 20.8 Å². The fraction of sp³-hybridized carbons (Fsp3) is 0.714. The number of rotatable bonds is 5. The van der Waals surface area contributed by atoms with Crippen LogP contribution in [0.5, 0.6) is 0 Å². The molecule has 0 radical (unpaired) electrons. The summed E-state index contributed by atoms with van der Waals surface area (Å²) in [5.41, 5.74) is 10.9. The van der Waals surface area contributed by atoms with Crippen molar-refractivity contribution in [2.24, 2.45) is 28.3 Å². The third-order valence-corrected chi connectivity index (χ3v) is 3.53. The summed E-state index contributed by atoms with van der Waals surface area (Å²) in [6, 6.07) is -0.132. The Morgan fingerprint density at radius 1 is 1.59 bits per heavy atom. The molecule has 8 nitrogen and oxygen atoms in total. The van der Waals surface area contributed by atoms with E-state index in [4.69, 9.17) is 31.3 Å². The van der Waals surface area contributed by atoms with Crippen LogP contribution >= 0.6 is 0 Å². The van der Waals surface area contributed by atoms with E-state index in [1.807, 2.05) is 26.8 Å². The molecular weight excluding hydrogens is 288 g/mol. The van der Waals surface area contributed by atoms with Gasteiger partial charge in [-0.1, -0.05) is 13.8 Å². The highest BCUT2D eigenvalue weighted by Gasteiger charge is 2.38. The van der Waals surface area contributed by atoms with E-state index in [1.54, 1.807) is 7.11 Å². The molecule has 1 aliphatic rings. The van der Waals surface area contributed by atoms with Crippen LogP contribution in [0.2, 0.25) is 0 Å². The first kappa shape index (κ1) is 20.0. The van der Waals surface area contributed by atoms with Gasteiger partial charge in [-0.2, -0.15) is 5.26 Å². The van der Waals surface area contributed by atoms with E-state index in [0.717, 1.165) is 12.0 Å². The van der Waals surface area contributed by atoms with Gasteiger partial charge in [0.05, 0.1) is 17.9 Å². The molecule has 6 N–H and O–H groups in total. The van der Waals surface area contributed by atoms with Gasteiger partial charge in [0.1, 0.15) is 6.10 Å². The Morgan fingerprint density at radius 3 is 2.55 bits per heavy atom. The van der Waals surface area contributed by atoms with E-state index < -0.39 is 0 Å². The van der Waals surface area contributed by atoms with Crippen LogP contribution in [-0.4, -0.2) is 48.1 Å². The van der Waals surface area contributed by atoms with Crippen LogP contribution in [0.25, 0.3) is 0 Å². The van der Waals surface area contributed by atoms with E-state index in [1.165, 1.54) is 0 Å². The van der Waals surface area contributed by atoms with E-state index >= 15 is 0 Å². The van der Waals surface area contributed by atoms with Crippen molar-refractivity contribution in [2.75, 3.05) is 13.7 Å². The lowest BCUT2D eigenvalue weighted by atomic mass is 9.85. The Bertz CT molecular complexity index is 429. The van der Waals surface area contributed by atoms with Gasteiger partial charge in [-0.05, 0) is 13.0 Å². The van der Waals surface area contributed by atoms with Crippen molar-refractivity contribution in [3.63, 3.8) is 0 Å². The largest absolute Gasteiger partial charge is 0.492 e. The number of methoxy groups -OCH3 is 1. The summed E-state index contributed by atoms with van der Waals surface area (Å²) in [6.45, 7) is 5.85. The van der Waals surface area contributed by atoms with Crippen LogP contribution in [-0.2, 0) is 9.47 Å². The van der Waals surface area contributed by atoms with Crippen molar-refractivity contribution >= 4 is 5.96 Å². The molecule has 0 unspecified atom stereocenters. The molecule has 0 aromatic heterocycles. The van der Waals surface area contributed by atoms with Crippen LogP contribution in [0.3, 0.4) is 0 Å². The average molecular weight is 314 g/mol. The fourth-order valence-electron chi connectivity index (χ4n) is 2.44. The number of aliphatic imine (C=N–C) groups is 1. The summed E-state index contributed by atoms with van der Waals surface area (Å²) < 4.78 is 11.4. The van der Waals surface area contributed by atoms with Crippen LogP contribution in [0.15, 0.2) is 16.8 Å². The molecular formula is C14H26N4O4. The van der Waals surface area contributed by atoms with Gasteiger partial charge < -0.3 is 31.2 Å². The summed E-state index contributed by atoms with van der Waals surface area (Å²) in [6.07, 6.45) is 2.25. The minimum absolute atomic E-state index is 0.0248. The Hall–Kier alpha value is -1.98. The maximum atomic E-state index is 9.31. The third kappa shape index (κ3) is 5.79. The number of aliphatic hydroxyl groups excluding tert-OH is 2. The molecule has 8 heteroatoms. The maximum absolute atomic E-state index is 9.31. The van der Waals surface area contributed by atoms with Crippen LogP contribution in [0, 0.1) is 23.4 Å². The summed E-state index contributed by atoms with van der Waals surface area (Å²) in [7, 11) is 1.62. The van der Waals surface area contributed by atoms with Crippen molar-refractivity contribution in [3.8, 4) is 6.26 Å². The summed E-state index contributed by atoms with van der Waals surface area (Å²) >= 11 is 0. The van der Waals surface area contributed by atoms with E-state index in [9.17, 15) is 5.11 Å². The molecule has 5 atom stereocenters. The highest BCUT2D eigenvalue weighted by atomic mass is 16.5. The number of nitriles is 1. The number of hydrogen-bond acceptors (Lipinski definition) is 6. The number of allylic oxidation sites excluding steroid dienone is 1. The number of nitrogens with zero attached hydrogens (tertiary/aromatic N) is 2. The van der Waals surface area contributed by atoms with Crippen molar-refractivity contribution in [3.05, 3.63) is 11.8 Å². The lowest BCUT2D eigenvalue weighted by Gasteiger charge is -2.39.